The maximum Gasteiger partial charge on any atom is 0.159 e. The summed E-state index contributed by atoms with van der Waals surface area (Å²) in [5.41, 5.74) is 1.33. The van der Waals surface area contributed by atoms with Gasteiger partial charge in [0.2, 0.25) is 0 Å². The van der Waals surface area contributed by atoms with Crippen molar-refractivity contribution in [3.8, 4) is 0 Å². The zero-order valence-electron chi connectivity index (χ0n) is 13.8. The molecule has 6 nitrogen and oxygen atoms in total. The van der Waals surface area contributed by atoms with E-state index in [1.54, 1.807) is 12.4 Å². The number of allylic oxidation sites excluding steroid dienone is 3. The second kappa shape index (κ2) is 6.03. The van der Waals surface area contributed by atoms with Crippen LogP contribution in [0.1, 0.15) is 12.7 Å². The maximum atomic E-state index is 12.6. The van der Waals surface area contributed by atoms with Gasteiger partial charge in [-0.3, -0.25) is 4.90 Å². The van der Waals surface area contributed by atoms with Crippen molar-refractivity contribution in [1.29, 1.82) is 0 Å². The molecule has 1 fully saturated rings. The van der Waals surface area contributed by atoms with Crippen molar-refractivity contribution >= 4 is 6.29 Å². The van der Waals surface area contributed by atoms with Crippen LogP contribution in [-0.4, -0.2) is 53.4 Å². The fraction of sp³-hybridized carbons (Fsp3) is 0.444. The first kappa shape index (κ1) is 15.4. The number of hydrogen-bond donors (Lipinski definition) is 3. The average molecular weight is 325 g/mol. The molecule has 1 aliphatic carbocycles. The number of imidazole rings is 1. The van der Waals surface area contributed by atoms with Gasteiger partial charge in [-0.25, -0.2) is 4.98 Å². The molecular formula is C18H23N5O. The minimum absolute atomic E-state index is 0.167. The predicted octanol–water partition coefficient (Wildman–Crippen LogP) is 0.697. The number of aldehydes is 1. The van der Waals surface area contributed by atoms with Crippen molar-refractivity contribution < 1.29 is 4.79 Å². The van der Waals surface area contributed by atoms with E-state index >= 15 is 0 Å². The van der Waals surface area contributed by atoms with Gasteiger partial charge in [0.05, 0.1) is 6.04 Å². The van der Waals surface area contributed by atoms with Crippen molar-refractivity contribution in [3.63, 3.8) is 0 Å². The van der Waals surface area contributed by atoms with Crippen LogP contribution in [0.2, 0.25) is 0 Å². The number of carbonyl (C=O) groups excluding carboxylic acids is 1. The molecule has 6 heteroatoms. The molecule has 2 aliphatic heterocycles. The Bertz CT molecular complexity index is 699. The molecule has 24 heavy (non-hydrogen) atoms. The minimum atomic E-state index is -0.850. The topological polar surface area (TPSA) is 73.0 Å². The van der Waals surface area contributed by atoms with Gasteiger partial charge in [0, 0.05) is 50.2 Å². The summed E-state index contributed by atoms with van der Waals surface area (Å²) < 4.78 is 0. The first-order valence-corrected chi connectivity index (χ1v) is 8.52. The van der Waals surface area contributed by atoms with Crippen LogP contribution in [0.5, 0.6) is 0 Å². The van der Waals surface area contributed by atoms with E-state index in [4.69, 9.17) is 0 Å². The van der Waals surface area contributed by atoms with E-state index in [1.165, 1.54) is 0 Å². The first-order chi connectivity index (χ1) is 11.8. The zero-order valence-corrected chi connectivity index (χ0v) is 13.8. The maximum absolute atomic E-state index is 12.6. The number of nitrogens with zero attached hydrogens (tertiary/aromatic N) is 2. The van der Waals surface area contributed by atoms with E-state index in [1.807, 2.05) is 0 Å². The molecule has 1 saturated heterocycles. The fourth-order valence-electron chi connectivity index (χ4n) is 4.27. The number of nitrogens with one attached hydrogen (secondary N) is 3. The predicted molar refractivity (Wildman–Crippen MR) is 92.2 cm³/mol. The molecule has 0 amide bonds. The van der Waals surface area contributed by atoms with Gasteiger partial charge in [-0.1, -0.05) is 24.3 Å². The minimum Gasteiger partial charge on any atom is -0.381 e. The van der Waals surface area contributed by atoms with Gasteiger partial charge in [0.15, 0.2) is 11.8 Å². The second-order valence-corrected chi connectivity index (χ2v) is 6.56. The molecule has 4 rings (SSSR count). The molecule has 0 aromatic carbocycles. The normalized spacial score (nSPS) is 29.2. The third-order valence-electron chi connectivity index (χ3n) is 5.31. The molecule has 1 aromatic heterocycles. The van der Waals surface area contributed by atoms with Crippen LogP contribution in [0.15, 0.2) is 48.0 Å². The van der Waals surface area contributed by atoms with E-state index < -0.39 is 5.54 Å². The Morgan fingerprint density at radius 1 is 1.29 bits per heavy atom. The lowest BCUT2D eigenvalue weighted by Crippen LogP contribution is -2.57. The third kappa shape index (κ3) is 2.17. The van der Waals surface area contributed by atoms with Crippen LogP contribution in [-0.2, 0) is 10.3 Å². The Balaban J connectivity index is 1.86. The summed E-state index contributed by atoms with van der Waals surface area (Å²) in [6.07, 6.45) is 13.1. The molecule has 3 N–H and O–H groups in total. The van der Waals surface area contributed by atoms with Crippen molar-refractivity contribution in [3.05, 3.63) is 53.8 Å². The van der Waals surface area contributed by atoms with E-state index in [9.17, 15) is 4.79 Å². The number of hydrogen-bond acceptors (Lipinski definition) is 5. The quantitative estimate of drug-likeness (QED) is 0.711. The van der Waals surface area contributed by atoms with Crippen molar-refractivity contribution in [2.75, 3.05) is 26.2 Å². The van der Waals surface area contributed by atoms with Gasteiger partial charge in [0.1, 0.15) is 5.82 Å². The number of H-pyrrole nitrogens is 1. The molecule has 3 aliphatic rings. The summed E-state index contributed by atoms with van der Waals surface area (Å²) in [6.45, 7) is 5.44. The molecule has 3 heterocycles. The molecule has 0 radical (unpaired) electrons. The largest absolute Gasteiger partial charge is 0.381 e. The molecular weight excluding hydrogens is 302 g/mol. The highest BCUT2D eigenvalue weighted by atomic mass is 16.1. The van der Waals surface area contributed by atoms with Gasteiger partial charge in [-0.05, 0) is 12.5 Å². The molecule has 0 bridgehead atoms. The Morgan fingerprint density at radius 2 is 2.08 bits per heavy atom. The highest BCUT2D eigenvalue weighted by Crippen LogP contribution is 2.44. The number of fused-ring (bicyclic) bond motifs is 1. The van der Waals surface area contributed by atoms with Crippen LogP contribution < -0.4 is 10.6 Å². The highest BCUT2D eigenvalue weighted by Gasteiger charge is 2.51. The SMILES string of the molecule is CC1=C(C(C=O)(c2ncc[nH]2)N2CCNCC2)C2C=CC=CC2N1. The van der Waals surface area contributed by atoms with E-state index in [0.717, 1.165) is 43.7 Å². The summed E-state index contributed by atoms with van der Waals surface area (Å²) in [5.74, 6) is 0.874. The third-order valence-corrected chi connectivity index (χ3v) is 5.31. The van der Waals surface area contributed by atoms with Crippen LogP contribution in [0.25, 0.3) is 0 Å². The lowest BCUT2D eigenvalue weighted by Gasteiger charge is -2.43. The first-order valence-electron chi connectivity index (χ1n) is 8.52. The van der Waals surface area contributed by atoms with Crippen LogP contribution in [0.4, 0.5) is 0 Å². The average Bonchev–Trinajstić information content (AvgIpc) is 3.26. The fourth-order valence-corrected chi connectivity index (χ4v) is 4.27. The highest BCUT2D eigenvalue weighted by molar-refractivity contribution is 5.74. The lowest BCUT2D eigenvalue weighted by molar-refractivity contribution is -0.118. The Morgan fingerprint density at radius 3 is 2.79 bits per heavy atom. The number of piperazine rings is 1. The number of carbonyl (C=O) groups is 1. The van der Waals surface area contributed by atoms with Gasteiger partial charge in [-0.15, -0.1) is 0 Å². The van der Waals surface area contributed by atoms with Crippen molar-refractivity contribution in [1.82, 2.24) is 25.5 Å². The molecule has 3 atom stereocenters. The summed E-state index contributed by atoms with van der Waals surface area (Å²) >= 11 is 0. The van der Waals surface area contributed by atoms with Crippen molar-refractivity contribution in [2.45, 2.75) is 18.5 Å². The van der Waals surface area contributed by atoms with Crippen molar-refractivity contribution in [2.24, 2.45) is 5.92 Å². The molecule has 126 valence electrons. The summed E-state index contributed by atoms with van der Waals surface area (Å²) in [4.78, 5) is 22.6. The van der Waals surface area contributed by atoms with Crippen LogP contribution in [0, 0.1) is 5.92 Å². The zero-order chi connectivity index (χ0) is 16.6. The standard InChI is InChI=1S/C18H23N5O/c1-13-16(14-4-2-3-5-15(14)22-13)18(12-24,17-20-6-7-21-17)23-10-8-19-9-11-23/h2-7,12,14-15,19,22H,8-11H2,1H3,(H,20,21). The summed E-state index contributed by atoms with van der Waals surface area (Å²) in [5, 5.41) is 6.91. The van der Waals surface area contributed by atoms with Gasteiger partial charge in [0.25, 0.3) is 0 Å². The Hall–Kier alpha value is -2.18. The Labute approximate surface area is 141 Å². The number of aromatic amines is 1. The van der Waals surface area contributed by atoms with E-state index in [0.29, 0.717) is 5.82 Å². The summed E-state index contributed by atoms with van der Waals surface area (Å²) in [6, 6.07) is 0.210. The number of aromatic nitrogens is 2. The molecule has 0 spiro atoms. The van der Waals surface area contributed by atoms with Gasteiger partial charge >= 0.3 is 0 Å². The lowest BCUT2D eigenvalue weighted by atomic mass is 9.77. The van der Waals surface area contributed by atoms with Crippen LogP contribution in [0.3, 0.4) is 0 Å². The van der Waals surface area contributed by atoms with E-state index in [-0.39, 0.29) is 12.0 Å². The van der Waals surface area contributed by atoms with Gasteiger partial charge in [-0.2, -0.15) is 0 Å². The molecule has 0 saturated carbocycles. The van der Waals surface area contributed by atoms with Gasteiger partial charge < -0.3 is 20.4 Å². The number of rotatable bonds is 4. The summed E-state index contributed by atoms with van der Waals surface area (Å²) in [7, 11) is 0. The molecule has 1 aromatic rings. The smallest absolute Gasteiger partial charge is 0.159 e. The van der Waals surface area contributed by atoms with Crippen LogP contribution >= 0.6 is 0 Å². The second-order valence-electron chi connectivity index (χ2n) is 6.56. The monoisotopic (exact) mass is 325 g/mol. The molecule has 3 unspecified atom stereocenters. The Kier molecular flexibility index (Phi) is 3.86. The van der Waals surface area contributed by atoms with E-state index in [2.05, 4.69) is 56.7 Å².